The van der Waals surface area contributed by atoms with Crippen molar-refractivity contribution in [1.29, 1.82) is 0 Å². The number of methoxy groups -OCH3 is 1. The van der Waals surface area contributed by atoms with Crippen LogP contribution in [0.2, 0.25) is 0 Å². The molecule has 2 aliphatic rings. The summed E-state index contributed by atoms with van der Waals surface area (Å²) in [5, 5.41) is 0. The average Bonchev–Trinajstić information content (AvgIpc) is 3.69. The van der Waals surface area contributed by atoms with Gasteiger partial charge in [-0.05, 0) is 56.5 Å². The predicted molar refractivity (Wildman–Crippen MR) is 177 cm³/mol. The topological polar surface area (TPSA) is 166 Å². The monoisotopic (exact) mass is 635 g/mol. The lowest BCUT2D eigenvalue weighted by atomic mass is 10.0. The van der Waals surface area contributed by atoms with E-state index in [9.17, 15) is 9.59 Å². The Balaban J connectivity index is 1.14. The van der Waals surface area contributed by atoms with Crippen LogP contribution in [0.15, 0.2) is 39.0 Å². The van der Waals surface area contributed by atoms with Crippen molar-refractivity contribution in [3.05, 3.63) is 40.3 Å². The van der Waals surface area contributed by atoms with Gasteiger partial charge in [0.25, 0.3) is 0 Å². The molecule has 3 N–H and O–H groups in total. The number of piperidine rings is 1. The van der Waals surface area contributed by atoms with Crippen molar-refractivity contribution in [2.24, 2.45) is 9.98 Å². The summed E-state index contributed by atoms with van der Waals surface area (Å²) in [5.41, 5.74) is 8.64. The minimum Gasteiger partial charge on any atom is -0.492 e. The Morgan fingerprint density at radius 2 is 1.98 bits per heavy atom. The van der Waals surface area contributed by atoms with E-state index >= 15 is 0 Å². The fourth-order valence-corrected chi connectivity index (χ4v) is 5.84. The molecule has 248 valence electrons. The quantitative estimate of drug-likeness (QED) is 0.166. The minimum absolute atomic E-state index is 0.190. The van der Waals surface area contributed by atoms with Gasteiger partial charge in [0.2, 0.25) is 0 Å². The van der Waals surface area contributed by atoms with Crippen molar-refractivity contribution < 1.29 is 19.0 Å². The number of anilines is 1. The number of nitrogen functional groups attached to an aromatic ring is 1. The number of nitrogens with one attached hydrogen (secondary N) is 1. The molecule has 4 heterocycles. The number of nitrogens with zero attached hydrogens (tertiary/aromatic N) is 7. The van der Waals surface area contributed by atoms with Crippen LogP contribution in [0.25, 0.3) is 11.2 Å². The molecular formula is C32H45N9O5. The zero-order valence-electron chi connectivity index (χ0n) is 26.8. The number of aromatic amines is 1. The molecule has 0 spiro atoms. The fourth-order valence-electron chi connectivity index (χ4n) is 5.84. The number of aromatic nitrogens is 4. The van der Waals surface area contributed by atoms with Gasteiger partial charge in [-0.1, -0.05) is 25.5 Å². The summed E-state index contributed by atoms with van der Waals surface area (Å²) in [6.45, 7) is 8.40. The van der Waals surface area contributed by atoms with Crippen molar-refractivity contribution in [2.75, 3.05) is 65.4 Å². The third-order valence-electron chi connectivity index (χ3n) is 8.37. The lowest BCUT2D eigenvalue weighted by Crippen LogP contribution is -2.47. The molecule has 14 heteroatoms. The Hall–Kier alpha value is -4.30. The second kappa shape index (κ2) is 16.3. The molecule has 1 fully saturated rings. The lowest BCUT2D eigenvalue weighted by Gasteiger charge is -2.38. The number of carbonyl (C=O) groups is 1. The number of hydrogen-bond acceptors (Lipinski definition) is 12. The van der Waals surface area contributed by atoms with Gasteiger partial charge in [-0.3, -0.25) is 29.1 Å². The summed E-state index contributed by atoms with van der Waals surface area (Å²) in [7, 11) is 1.39. The maximum atomic E-state index is 12.9. The first-order valence-electron chi connectivity index (χ1n) is 16.1. The maximum absolute atomic E-state index is 12.9. The molecule has 14 nitrogen and oxygen atoms in total. The minimum atomic E-state index is -0.269. The van der Waals surface area contributed by atoms with Gasteiger partial charge in [-0.2, -0.15) is 9.97 Å². The van der Waals surface area contributed by atoms with Crippen molar-refractivity contribution in [1.82, 2.24) is 29.3 Å². The number of imidazole rings is 1. The van der Waals surface area contributed by atoms with Crippen LogP contribution >= 0.6 is 0 Å². The number of likely N-dealkylation sites (tertiary alicyclic amines) is 1. The van der Waals surface area contributed by atoms with E-state index in [2.05, 4.69) is 41.7 Å². The van der Waals surface area contributed by atoms with Crippen LogP contribution < -0.4 is 20.9 Å². The third-order valence-corrected chi connectivity index (χ3v) is 8.37. The first-order valence-corrected chi connectivity index (χ1v) is 16.1. The number of hydrogen-bond donors (Lipinski definition) is 2. The van der Waals surface area contributed by atoms with Crippen LogP contribution in [-0.2, 0) is 22.5 Å². The second-order valence-corrected chi connectivity index (χ2v) is 11.6. The van der Waals surface area contributed by atoms with E-state index in [0.717, 1.165) is 81.9 Å². The first kappa shape index (κ1) is 33.1. The average molecular weight is 636 g/mol. The third kappa shape index (κ3) is 8.91. The van der Waals surface area contributed by atoms with Crippen molar-refractivity contribution >= 4 is 34.9 Å². The molecule has 0 saturated carbocycles. The number of aliphatic imine (C=N–C) groups is 2. The lowest BCUT2D eigenvalue weighted by molar-refractivity contribution is -0.139. The number of esters is 1. The number of H-pyrrole nitrogens is 1. The normalized spacial score (nSPS) is 15.5. The van der Waals surface area contributed by atoms with E-state index in [-0.39, 0.29) is 29.9 Å². The SMILES string of the molecule is CCCCOc1nc(N)c2[nH]c(=O)n(CCCN(CC3=NCN=C3)C3CCN(CCOc4cccc(CC(=O)OC)c4)CC3)c2n1. The van der Waals surface area contributed by atoms with Gasteiger partial charge in [0.15, 0.2) is 11.5 Å². The molecule has 2 aromatic heterocycles. The number of unbranched alkanes of at least 4 members (excludes halogenated alkanes) is 1. The summed E-state index contributed by atoms with van der Waals surface area (Å²) in [6.07, 6.45) is 6.76. The van der Waals surface area contributed by atoms with E-state index in [1.54, 1.807) is 4.57 Å². The summed E-state index contributed by atoms with van der Waals surface area (Å²) in [6, 6.07) is 8.17. The zero-order chi connectivity index (χ0) is 32.3. The van der Waals surface area contributed by atoms with Gasteiger partial charge in [0, 0.05) is 38.4 Å². The second-order valence-electron chi connectivity index (χ2n) is 11.6. The van der Waals surface area contributed by atoms with Gasteiger partial charge < -0.3 is 24.9 Å². The molecule has 5 rings (SSSR count). The molecule has 46 heavy (non-hydrogen) atoms. The van der Waals surface area contributed by atoms with Gasteiger partial charge in [-0.15, -0.1) is 0 Å². The van der Waals surface area contributed by atoms with Crippen molar-refractivity contribution in [2.45, 2.75) is 58.0 Å². The van der Waals surface area contributed by atoms with E-state index in [1.165, 1.54) is 7.11 Å². The van der Waals surface area contributed by atoms with E-state index < -0.39 is 0 Å². The molecule has 0 atom stereocenters. The van der Waals surface area contributed by atoms with Crippen LogP contribution in [0.3, 0.4) is 0 Å². The Kier molecular flexibility index (Phi) is 11.7. The van der Waals surface area contributed by atoms with Gasteiger partial charge in [-0.25, -0.2) is 4.79 Å². The highest BCUT2D eigenvalue weighted by atomic mass is 16.5. The Bertz CT molecular complexity index is 1580. The van der Waals surface area contributed by atoms with Gasteiger partial charge in [0.05, 0.1) is 25.8 Å². The van der Waals surface area contributed by atoms with Crippen LogP contribution in [0, 0.1) is 0 Å². The number of aryl methyl sites for hydroxylation is 1. The highest BCUT2D eigenvalue weighted by Gasteiger charge is 2.26. The molecule has 0 radical (unpaired) electrons. The largest absolute Gasteiger partial charge is 0.492 e. The maximum Gasteiger partial charge on any atom is 0.327 e. The zero-order valence-corrected chi connectivity index (χ0v) is 26.8. The first-order chi connectivity index (χ1) is 22.4. The molecule has 1 aromatic carbocycles. The highest BCUT2D eigenvalue weighted by molar-refractivity contribution is 6.32. The number of rotatable bonds is 17. The van der Waals surface area contributed by atoms with Crippen LogP contribution in [0.4, 0.5) is 5.82 Å². The molecule has 0 amide bonds. The molecule has 0 unspecified atom stereocenters. The van der Waals surface area contributed by atoms with Crippen LogP contribution in [0.5, 0.6) is 11.8 Å². The van der Waals surface area contributed by atoms with Crippen LogP contribution in [-0.4, -0.2) is 113 Å². The number of carbonyl (C=O) groups excluding carboxylic acids is 1. The van der Waals surface area contributed by atoms with Gasteiger partial charge >= 0.3 is 17.7 Å². The molecular weight excluding hydrogens is 590 g/mol. The Morgan fingerprint density at radius 3 is 2.74 bits per heavy atom. The van der Waals surface area contributed by atoms with Gasteiger partial charge in [0.1, 0.15) is 24.5 Å². The number of benzene rings is 1. The highest BCUT2D eigenvalue weighted by Crippen LogP contribution is 2.21. The molecule has 0 bridgehead atoms. The Morgan fingerprint density at radius 1 is 1.13 bits per heavy atom. The molecule has 2 aliphatic heterocycles. The smallest absolute Gasteiger partial charge is 0.327 e. The van der Waals surface area contributed by atoms with E-state index in [0.29, 0.717) is 43.6 Å². The summed E-state index contributed by atoms with van der Waals surface area (Å²) >= 11 is 0. The molecule has 3 aromatic rings. The van der Waals surface area contributed by atoms with E-state index in [4.69, 9.17) is 19.9 Å². The predicted octanol–water partition coefficient (Wildman–Crippen LogP) is 2.31. The number of fused-ring (bicyclic) bond motifs is 1. The molecule has 0 aliphatic carbocycles. The van der Waals surface area contributed by atoms with Crippen LogP contribution in [0.1, 0.15) is 44.6 Å². The summed E-state index contributed by atoms with van der Waals surface area (Å²) in [4.78, 5) is 49.7. The molecule has 1 saturated heterocycles. The van der Waals surface area contributed by atoms with Crippen molar-refractivity contribution in [3.63, 3.8) is 0 Å². The summed E-state index contributed by atoms with van der Waals surface area (Å²) < 4.78 is 18.1. The standard InChI is InChI=1S/C32H45N9O5/c1-3-4-16-46-31-37-29(33)28-30(38-31)41(32(43)36-28)12-6-11-40(21-24-20-34-22-35-24)25-9-13-39(14-10-25)15-17-45-26-8-5-7-23(18-26)19-27(42)44-2/h5,7-8,18,20,25H,3-4,6,9-17,19,21-22H2,1-2H3,(H,36,43)(H2,33,37,38). The van der Waals surface area contributed by atoms with E-state index in [1.807, 2.05) is 30.5 Å². The Labute approximate surface area is 268 Å². The summed E-state index contributed by atoms with van der Waals surface area (Å²) in [5.74, 6) is 0.691. The number of ether oxygens (including phenoxy) is 3. The fraction of sp³-hybridized carbons (Fsp3) is 0.562. The van der Waals surface area contributed by atoms with Crippen molar-refractivity contribution in [3.8, 4) is 11.8 Å². The number of nitrogens with two attached hydrogens (primary N) is 1.